The number of hydrogen-bond donors (Lipinski definition) is 2. The SMILES string of the molecule is CC[C@@H](C)Cc1c(C)sc2nc(SCC(=O)N[C@H]3CCCC[C@@H]3C)[nH]c(=O)c12. The largest absolute Gasteiger partial charge is 0.352 e. The van der Waals surface area contributed by atoms with Crippen LogP contribution in [-0.2, 0) is 11.2 Å². The molecule has 0 aliphatic heterocycles. The molecule has 3 atom stereocenters. The smallest absolute Gasteiger partial charge is 0.260 e. The molecular weight excluding hydrogens is 390 g/mol. The molecule has 3 rings (SSSR count). The van der Waals surface area contributed by atoms with Crippen molar-refractivity contribution in [1.82, 2.24) is 15.3 Å². The minimum absolute atomic E-state index is 0.0197. The van der Waals surface area contributed by atoms with Gasteiger partial charge in [0, 0.05) is 10.9 Å². The average molecular weight is 422 g/mol. The van der Waals surface area contributed by atoms with Crippen molar-refractivity contribution >= 4 is 39.2 Å². The van der Waals surface area contributed by atoms with E-state index in [1.54, 1.807) is 11.3 Å². The van der Waals surface area contributed by atoms with E-state index in [0.29, 0.717) is 17.0 Å². The van der Waals surface area contributed by atoms with Gasteiger partial charge >= 0.3 is 0 Å². The van der Waals surface area contributed by atoms with Crippen LogP contribution in [0.4, 0.5) is 0 Å². The first-order chi connectivity index (χ1) is 13.4. The number of nitrogens with one attached hydrogen (secondary N) is 2. The molecule has 2 N–H and O–H groups in total. The van der Waals surface area contributed by atoms with Crippen molar-refractivity contribution in [2.75, 3.05) is 5.75 Å². The Morgan fingerprint density at radius 1 is 1.39 bits per heavy atom. The number of fused-ring (bicyclic) bond motifs is 1. The molecule has 0 radical (unpaired) electrons. The zero-order valence-corrected chi connectivity index (χ0v) is 18.9. The third-order valence-corrected chi connectivity index (χ3v) is 7.80. The van der Waals surface area contributed by atoms with Crippen LogP contribution in [0.2, 0.25) is 0 Å². The van der Waals surface area contributed by atoms with Crippen LogP contribution >= 0.6 is 23.1 Å². The van der Waals surface area contributed by atoms with E-state index in [-0.39, 0.29) is 23.3 Å². The standard InChI is InChI=1S/C21H31N3O2S2/c1-5-12(2)10-15-14(4)28-20-18(15)19(26)23-21(24-20)27-11-17(25)22-16-9-7-6-8-13(16)3/h12-13,16H,5-11H2,1-4H3,(H,22,25)(H,23,24,26)/t12-,13+,16+/m1/s1. The van der Waals surface area contributed by atoms with Gasteiger partial charge in [-0.15, -0.1) is 11.3 Å². The summed E-state index contributed by atoms with van der Waals surface area (Å²) in [4.78, 5) is 34.5. The Labute approximate surface area is 175 Å². The summed E-state index contributed by atoms with van der Waals surface area (Å²) in [7, 11) is 0. The molecule has 1 amide bonds. The summed E-state index contributed by atoms with van der Waals surface area (Å²) in [6, 6.07) is 0.277. The lowest BCUT2D eigenvalue weighted by Gasteiger charge is -2.29. The Kier molecular flexibility index (Phi) is 7.20. The van der Waals surface area contributed by atoms with Crippen LogP contribution in [0, 0.1) is 18.8 Å². The summed E-state index contributed by atoms with van der Waals surface area (Å²) in [6.07, 6.45) is 6.68. The molecule has 0 aromatic carbocycles. The lowest BCUT2D eigenvalue weighted by molar-refractivity contribution is -0.119. The van der Waals surface area contributed by atoms with E-state index in [4.69, 9.17) is 0 Å². The molecule has 0 saturated heterocycles. The van der Waals surface area contributed by atoms with Gasteiger partial charge in [-0.3, -0.25) is 9.59 Å². The van der Waals surface area contributed by atoms with Crippen LogP contribution in [0.3, 0.4) is 0 Å². The highest BCUT2D eigenvalue weighted by atomic mass is 32.2. The molecule has 2 aromatic rings. The van der Waals surface area contributed by atoms with Crippen molar-refractivity contribution in [2.24, 2.45) is 11.8 Å². The number of H-pyrrole nitrogens is 1. The van der Waals surface area contributed by atoms with E-state index in [0.717, 1.165) is 35.0 Å². The van der Waals surface area contributed by atoms with Gasteiger partial charge in [0.2, 0.25) is 5.91 Å². The first kappa shape index (κ1) is 21.4. The van der Waals surface area contributed by atoms with Crippen LogP contribution in [0.15, 0.2) is 9.95 Å². The first-order valence-corrected chi connectivity index (χ1v) is 12.1. The van der Waals surface area contributed by atoms with Crippen molar-refractivity contribution in [1.29, 1.82) is 0 Å². The van der Waals surface area contributed by atoms with E-state index in [1.165, 1.54) is 35.9 Å². The number of nitrogens with zero attached hydrogens (tertiary/aromatic N) is 1. The van der Waals surface area contributed by atoms with Gasteiger partial charge in [0.05, 0.1) is 11.1 Å². The van der Waals surface area contributed by atoms with Crippen molar-refractivity contribution in [3.05, 3.63) is 20.8 Å². The molecule has 0 unspecified atom stereocenters. The molecule has 1 saturated carbocycles. The number of hydrogen-bond acceptors (Lipinski definition) is 5. The fourth-order valence-electron chi connectivity index (χ4n) is 3.88. The number of rotatable bonds is 7. The van der Waals surface area contributed by atoms with Crippen molar-refractivity contribution in [2.45, 2.75) is 77.4 Å². The van der Waals surface area contributed by atoms with Gasteiger partial charge in [0.1, 0.15) is 4.83 Å². The van der Waals surface area contributed by atoms with Crippen LogP contribution in [0.1, 0.15) is 63.3 Å². The normalized spacial score (nSPS) is 21.0. The third kappa shape index (κ3) is 4.98. The third-order valence-electron chi connectivity index (χ3n) is 5.89. The minimum Gasteiger partial charge on any atom is -0.352 e. The Morgan fingerprint density at radius 2 is 2.14 bits per heavy atom. The van der Waals surface area contributed by atoms with E-state index < -0.39 is 0 Å². The average Bonchev–Trinajstić information content (AvgIpc) is 2.97. The summed E-state index contributed by atoms with van der Waals surface area (Å²) in [6.45, 7) is 8.65. The van der Waals surface area contributed by atoms with Gasteiger partial charge < -0.3 is 10.3 Å². The Bertz CT molecular complexity index is 890. The molecule has 2 heterocycles. The lowest BCUT2D eigenvalue weighted by atomic mass is 9.86. The molecule has 1 aliphatic rings. The van der Waals surface area contributed by atoms with Crippen LogP contribution in [0.5, 0.6) is 0 Å². The number of aromatic nitrogens is 2. The lowest BCUT2D eigenvalue weighted by Crippen LogP contribution is -2.41. The maximum Gasteiger partial charge on any atom is 0.260 e. The number of aryl methyl sites for hydroxylation is 1. The quantitative estimate of drug-likeness (QED) is 0.503. The summed E-state index contributed by atoms with van der Waals surface area (Å²) in [5, 5.41) is 4.41. The highest BCUT2D eigenvalue weighted by molar-refractivity contribution is 7.99. The number of thiophene rings is 1. The maximum absolute atomic E-state index is 12.7. The zero-order chi connectivity index (χ0) is 20.3. The fraction of sp³-hybridized carbons (Fsp3) is 0.667. The number of carbonyl (C=O) groups is 1. The molecule has 154 valence electrons. The van der Waals surface area contributed by atoms with Crippen LogP contribution in [-0.4, -0.2) is 27.7 Å². The minimum atomic E-state index is -0.0866. The maximum atomic E-state index is 12.7. The number of thioether (sulfide) groups is 1. The molecule has 2 aromatic heterocycles. The second kappa shape index (κ2) is 9.44. The summed E-state index contributed by atoms with van der Waals surface area (Å²) >= 11 is 2.89. The highest BCUT2D eigenvalue weighted by Crippen LogP contribution is 2.30. The Morgan fingerprint density at radius 3 is 2.86 bits per heavy atom. The summed E-state index contributed by atoms with van der Waals surface area (Å²) in [5.41, 5.74) is 1.04. The molecule has 5 nitrogen and oxygen atoms in total. The highest BCUT2D eigenvalue weighted by Gasteiger charge is 2.23. The second-order valence-electron chi connectivity index (χ2n) is 8.13. The van der Waals surface area contributed by atoms with Gasteiger partial charge in [-0.25, -0.2) is 4.98 Å². The van der Waals surface area contributed by atoms with E-state index >= 15 is 0 Å². The van der Waals surface area contributed by atoms with Gasteiger partial charge in [0.15, 0.2) is 5.16 Å². The van der Waals surface area contributed by atoms with Gasteiger partial charge in [0.25, 0.3) is 5.56 Å². The van der Waals surface area contributed by atoms with Gasteiger partial charge in [-0.2, -0.15) is 0 Å². The number of amides is 1. The van der Waals surface area contributed by atoms with Crippen molar-refractivity contribution < 1.29 is 4.79 Å². The second-order valence-corrected chi connectivity index (χ2v) is 10.3. The number of aromatic amines is 1. The van der Waals surface area contributed by atoms with Crippen molar-refractivity contribution in [3.63, 3.8) is 0 Å². The predicted octanol–water partition coefficient (Wildman–Crippen LogP) is 4.67. The topological polar surface area (TPSA) is 74.8 Å². The molecular formula is C21H31N3O2S2. The summed E-state index contributed by atoms with van der Waals surface area (Å²) in [5.74, 6) is 1.37. The number of carbonyl (C=O) groups excluding carboxylic acids is 1. The molecule has 1 aliphatic carbocycles. The zero-order valence-electron chi connectivity index (χ0n) is 17.3. The summed E-state index contributed by atoms with van der Waals surface area (Å²) < 4.78 is 0. The van der Waals surface area contributed by atoms with E-state index in [9.17, 15) is 9.59 Å². The van der Waals surface area contributed by atoms with E-state index in [1.807, 2.05) is 0 Å². The van der Waals surface area contributed by atoms with Crippen molar-refractivity contribution in [3.8, 4) is 0 Å². The monoisotopic (exact) mass is 421 g/mol. The van der Waals surface area contributed by atoms with Gasteiger partial charge in [-0.1, -0.05) is 51.8 Å². The molecule has 0 spiro atoms. The first-order valence-electron chi connectivity index (χ1n) is 10.3. The molecule has 0 bridgehead atoms. The van der Waals surface area contributed by atoms with E-state index in [2.05, 4.69) is 43.0 Å². The predicted molar refractivity (Wildman–Crippen MR) is 118 cm³/mol. The van der Waals surface area contributed by atoms with Gasteiger partial charge in [-0.05, 0) is 43.6 Å². The Balaban J connectivity index is 1.69. The molecule has 28 heavy (non-hydrogen) atoms. The van der Waals surface area contributed by atoms with Crippen LogP contribution in [0.25, 0.3) is 10.2 Å². The molecule has 1 fully saturated rings. The Hall–Kier alpha value is -1.34. The fourth-order valence-corrected chi connectivity index (χ4v) is 5.66. The van der Waals surface area contributed by atoms with Crippen LogP contribution < -0.4 is 10.9 Å². The molecule has 7 heteroatoms.